The smallest absolute Gasteiger partial charge is 0.124 e. The summed E-state index contributed by atoms with van der Waals surface area (Å²) in [6.07, 6.45) is 5.17. The fourth-order valence-electron chi connectivity index (χ4n) is 2.30. The Balaban J connectivity index is 2.27. The molecule has 0 spiro atoms. The molecule has 0 fully saturated rings. The third kappa shape index (κ3) is 3.27. The van der Waals surface area contributed by atoms with Crippen LogP contribution in [0.4, 0.5) is 0 Å². The van der Waals surface area contributed by atoms with Gasteiger partial charge in [-0.15, -0.1) is 0 Å². The molecule has 1 aromatic heterocycles. The summed E-state index contributed by atoms with van der Waals surface area (Å²) in [5.74, 6) is 0.844. The van der Waals surface area contributed by atoms with Crippen molar-refractivity contribution < 1.29 is 0 Å². The van der Waals surface area contributed by atoms with Crippen molar-refractivity contribution in [3.05, 3.63) is 29.0 Å². The molecule has 0 aliphatic carbocycles. The largest absolute Gasteiger partial charge is 0.327 e. The van der Waals surface area contributed by atoms with Crippen molar-refractivity contribution in [3.8, 4) is 6.07 Å². The Kier molecular flexibility index (Phi) is 4.81. The van der Waals surface area contributed by atoms with E-state index in [9.17, 15) is 0 Å². The Bertz CT molecular complexity index is 595. The van der Waals surface area contributed by atoms with Crippen molar-refractivity contribution in [1.82, 2.24) is 9.55 Å². The van der Waals surface area contributed by atoms with E-state index in [1.54, 1.807) is 0 Å². The number of hydrogen-bond acceptors (Lipinski definition) is 2. The average Bonchev–Trinajstić information content (AvgIpc) is 2.72. The van der Waals surface area contributed by atoms with Gasteiger partial charge in [0.05, 0.1) is 23.5 Å². The summed E-state index contributed by atoms with van der Waals surface area (Å²) in [5, 5.41) is 9.59. The average molecular weight is 276 g/mol. The lowest BCUT2D eigenvalue weighted by Gasteiger charge is -2.07. The molecule has 0 saturated carbocycles. The zero-order valence-electron chi connectivity index (χ0n) is 11.2. The molecular formula is C15H18ClN3. The number of aryl methyl sites for hydroxylation is 1. The highest BCUT2D eigenvalue weighted by atomic mass is 35.5. The van der Waals surface area contributed by atoms with E-state index < -0.39 is 0 Å². The van der Waals surface area contributed by atoms with Crippen LogP contribution < -0.4 is 0 Å². The van der Waals surface area contributed by atoms with E-state index in [-0.39, 0.29) is 0 Å². The molecule has 0 aliphatic heterocycles. The number of halogens is 1. The summed E-state index contributed by atoms with van der Waals surface area (Å²) in [4.78, 5) is 4.52. The molecular weight excluding hydrogens is 258 g/mol. The zero-order chi connectivity index (χ0) is 13.7. The molecule has 0 saturated heterocycles. The second kappa shape index (κ2) is 6.58. The van der Waals surface area contributed by atoms with Gasteiger partial charge < -0.3 is 4.57 Å². The zero-order valence-corrected chi connectivity index (χ0v) is 12.0. The second-order valence-electron chi connectivity index (χ2n) is 4.71. The van der Waals surface area contributed by atoms with Crippen molar-refractivity contribution in [1.29, 1.82) is 5.26 Å². The lowest BCUT2D eigenvalue weighted by atomic mass is 10.2. The van der Waals surface area contributed by atoms with E-state index in [0.717, 1.165) is 29.8 Å². The Morgan fingerprint density at radius 3 is 2.89 bits per heavy atom. The number of hydrogen-bond donors (Lipinski definition) is 0. The number of unbranched alkanes of at least 4 members (excludes halogenated alkanes) is 3. The normalized spacial score (nSPS) is 10.8. The maximum atomic E-state index is 8.90. The Labute approximate surface area is 118 Å². The molecule has 3 nitrogen and oxygen atoms in total. The van der Waals surface area contributed by atoms with E-state index in [2.05, 4.69) is 22.5 Å². The third-order valence-electron chi connectivity index (χ3n) is 3.26. The molecule has 4 heteroatoms. The number of rotatable bonds is 6. The number of imidazole rings is 1. The predicted molar refractivity (Wildman–Crippen MR) is 78.2 cm³/mol. The highest BCUT2D eigenvalue weighted by Crippen LogP contribution is 2.21. The first-order valence-corrected chi connectivity index (χ1v) is 7.15. The molecule has 0 bridgehead atoms. The molecule has 100 valence electrons. The fourth-order valence-corrected chi connectivity index (χ4v) is 2.47. The molecule has 0 aliphatic rings. The molecule has 0 unspecified atom stereocenters. The van der Waals surface area contributed by atoms with Crippen molar-refractivity contribution >= 4 is 22.6 Å². The fraction of sp³-hybridized carbons (Fsp3) is 0.467. The standard InChI is InChI=1S/C15H18ClN3/c1-2-3-4-5-10-19-14-7-6-12(16)11-13(14)18-15(19)8-9-17/h6-7,11H,2-5,8,10H2,1H3. The van der Waals surface area contributed by atoms with Gasteiger partial charge in [0.1, 0.15) is 5.82 Å². The topological polar surface area (TPSA) is 41.6 Å². The van der Waals surface area contributed by atoms with Gasteiger partial charge in [0.25, 0.3) is 0 Å². The molecule has 0 amide bonds. The van der Waals surface area contributed by atoms with Crippen molar-refractivity contribution in [3.63, 3.8) is 0 Å². The van der Waals surface area contributed by atoms with Gasteiger partial charge in [-0.25, -0.2) is 4.98 Å². The van der Waals surface area contributed by atoms with Crippen molar-refractivity contribution in [2.45, 2.75) is 45.6 Å². The van der Waals surface area contributed by atoms with E-state index in [1.165, 1.54) is 19.3 Å². The number of aromatic nitrogens is 2. The minimum atomic E-state index is 0.347. The van der Waals surface area contributed by atoms with Crippen LogP contribution >= 0.6 is 11.6 Å². The number of nitrogens with zero attached hydrogens (tertiary/aromatic N) is 3. The quantitative estimate of drug-likeness (QED) is 0.736. The maximum absolute atomic E-state index is 8.90. The summed E-state index contributed by atoms with van der Waals surface area (Å²) in [6.45, 7) is 3.13. The van der Waals surface area contributed by atoms with Crippen molar-refractivity contribution in [2.24, 2.45) is 0 Å². The summed E-state index contributed by atoms with van der Waals surface area (Å²) < 4.78 is 2.16. The lowest BCUT2D eigenvalue weighted by Crippen LogP contribution is -2.03. The molecule has 0 radical (unpaired) electrons. The maximum Gasteiger partial charge on any atom is 0.124 e. The van der Waals surface area contributed by atoms with Gasteiger partial charge in [0.2, 0.25) is 0 Å². The Hall–Kier alpha value is -1.53. The molecule has 0 N–H and O–H groups in total. The van der Waals surface area contributed by atoms with Crippen LogP contribution in [0.25, 0.3) is 11.0 Å². The van der Waals surface area contributed by atoms with Crippen LogP contribution in [-0.2, 0) is 13.0 Å². The van der Waals surface area contributed by atoms with Crippen LogP contribution in [0.3, 0.4) is 0 Å². The third-order valence-corrected chi connectivity index (χ3v) is 3.50. The molecule has 1 heterocycles. The molecule has 2 aromatic rings. The van der Waals surface area contributed by atoms with Crippen LogP contribution in [-0.4, -0.2) is 9.55 Å². The monoisotopic (exact) mass is 275 g/mol. The van der Waals surface area contributed by atoms with Gasteiger partial charge in [-0.3, -0.25) is 0 Å². The predicted octanol–water partition coefficient (Wildman–Crippen LogP) is 4.34. The number of nitriles is 1. The van der Waals surface area contributed by atoms with Gasteiger partial charge in [-0.2, -0.15) is 5.26 Å². The first-order chi connectivity index (χ1) is 9.26. The highest BCUT2D eigenvalue weighted by Gasteiger charge is 2.10. The van der Waals surface area contributed by atoms with Gasteiger partial charge in [0, 0.05) is 11.6 Å². The minimum absolute atomic E-state index is 0.347. The molecule has 2 rings (SSSR count). The van der Waals surface area contributed by atoms with Crippen LogP contribution in [0.1, 0.15) is 38.4 Å². The number of benzene rings is 1. The molecule has 0 atom stereocenters. The second-order valence-corrected chi connectivity index (χ2v) is 5.14. The van der Waals surface area contributed by atoms with Crippen LogP contribution in [0, 0.1) is 11.3 Å². The van der Waals surface area contributed by atoms with Crippen molar-refractivity contribution in [2.75, 3.05) is 0 Å². The Morgan fingerprint density at radius 2 is 2.16 bits per heavy atom. The van der Waals surface area contributed by atoms with Gasteiger partial charge in [-0.05, 0) is 24.6 Å². The summed E-state index contributed by atoms with van der Waals surface area (Å²) in [5.41, 5.74) is 1.96. The molecule has 19 heavy (non-hydrogen) atoms. The van der Waals surface area contributed by atoms with Crippen LogP contribution in [0.5, 0.6) is 0 Å². The Morgan fingerprint density at radius 1 is 1.32 bits per heavy atom. The number of fused-ring (bicyclic) bond motifs is 1. The summed E-state index contributed by atoms with van der Waals surface area (Å²) in [7, 11) is 0. The first kappa shape index (κ1) is 13.9. The van der Waals surface area contributed by atoms with Crippen LogP contribution in [0.2, 0.25) is 5.02 Å². The van der Waals surface area contributed by atoms with Crippen LogP contribution in [0.15, 0.2) is 18.2 Å². The summed E-state index contributed by atoms with van der Waals surface area (Å²) >= 11 is 5.99. The van der Waals surface area contributed by atoms with E-state index >= 15 is 0 Å². The van der Waals surface area contributed by atoms with Gasteiger partial charge in [-0.1, -0.05) is 37.8 Å². The van der Waals surface area contributed by atoms with E-state index in [4.69, 9.17) is 16.9 Å². The van der Waals surface area contributed by atoms with E-state index in [1.807, 2.05) is 18.2 Å². The minimum Gasteiger partial charge on any atom is -0.327 e. The first-order valence-electron chi connectivity index (χ1n) is 6.78. The van der Waals surface area contributed by atoms with Gasteiger partial charge >= 0.3 is 0 Å². The lowest BCUT2D eigenvalue weighted by molar-refractivity contribution is 0.579. The van der Waals surface area contributed by atoms with E-state index in [0.29, 0.717) is 11.4 Å². The SMILES string of the molecule is CCCCCCn1c(CC#N)nc2cc(Cl)ccc21. The highest BCUT2D eigenvalue weighted by molar-refractivity contribution is 6.31. The van der Waals surface area contributed by atoms with Gasteiger partial charge in [0.15, 0.2) is 0 Å². The molecule has 1 aromatic carbocycles. The summed E-state index contributed by atoms with van der Waals surface area (Å²) in [6, 6.07) is 7.92.